The Bertz CT molecular complexity index is 567. The molecule has 2 fully saturated rings. The van der Waals surface area contributed by atoms with E-state index in [0.717, 1.165) is 11.8 Å². The van der Waals surface area contributed by atoms with E-state index >= 15 is 0 Å². The van der Waals surface area contributed by atoms with Crippen LogP contribution in [0.5, 0.6) is 5.75 Å². The van der Waals surface area contributed by atoms with Gasteiger partial charge in [0.1, 0.15) is 5.75 Å². The second kappa shape index (κ2) is 5.37. The summed E-state index contributed by atoms with van der Waals surface area (Å²) in [5.74, 6) is 2.77. The van der Waals surface area contributed by atoms with Crippen LogP contribution in [-0.4, -0.2) is 22.1 Å². The fourth-order valence-corrected chi connectivity index (χ4v) is 4.78. The van der Waals surface area contributed by atoms with Crippen LogP contribution in [0.15, 0.2) is 29.2 Å². The van der Waals surface area contributed by atoms with Crippen LogP contribution < -0.4 is 9.46 Å². The molecule has 0 radical (unpaired) electrons. The van der Waals surface area contributed by atoms with E-state index < -0.39 is 10.0 Å². The summed E-state index contributed by atoms with van der Waals surface area (Å²) in [6.45, 7) is 0.579. The molecule has 0 unspecified atom stereocenters. The van der Waals surface area contributed by atoms with Crippen LogP contribution in [0.1, 0.15) is 25.7 Å². The molecule has 0 spiro atoms. The van der Waals surface area contributed by atoms with E-state index in [1.54, 1.807) is 31.4 Å². The zero-order valence-electron chi connectivity index (χ0n) is 11.7. The van der Waals surface area contributed by atoms with Crippen molar-refractivity contribution in [3.8, 4) is 5.75 Å². The first-order valence-electron chi connectivity index (χ1n) is 7.22. The zero-order chi connectivity index (χ0) is 14.2. The Morgan fingerprint density at radius 1 is 1.20 bits per heavy atom. The first kappa shape index (κ1) is 13.9. The molecule has 0 aliphatic heterocycles. The topological polar surface area (TPSA) is 55.4 Å². The maximum absolute atomic E-state index is 12.2. The monoisotopic (exact) mass is 295 g/mol. The first-order chi connectivity index (χ1) is 9.58. The summed E-state index contributed by atoms with van der Waals surface area (Å²) < 4.78 is 32.3. The van der Waals surface area contributed by atoms with Crippen LogP contribution in [0, 0.1) is 17.8 Å². The van der Waals surface area contributed by atoms with Crippen molar-refractivity contribution < 1.29 is 13.2 Å². The standard InChI is InChI=1S/C15H21NO3S/c1-19-14-4-6-15(7-5-14)20(17,18)16-10-13-9-11-2-3-12(13)8-11/h4-7,11-13,16H,2-3,8-10H2,1H3/t11-,12-,13+/m1/s1. The van der Waals surface area contributed by atoms with E-state index in [0.29, 0.717) is 23.1 Å². The van der Waals surface area contributed by atoms with Gasteiger partial charge in [-0.15, -0.1) is 0 Å². The Labute approximate surface area is 120 Å². The fraction of sp³-hybridized carbons (Fsp3) is 0.600. The van der Waals surface area contributed by atoms with E-state index in [-0.39, 0.29) is 0 Å². The molecule has 4 nitrogen and oxygen atoms in total. The molecule has 20 heavy (non-hydrogen) atoms. The molecule has 3 atom stereocenters. The number of rotatable bonds is 5. The molecule has 5 heteroatoms. The highest BCUT2D eigenvalue weighted by atomic mass is 32.2. The van der Waals surface area contributed by atoms with Crippen molar-refractivity contribution in [3.63, 3.8) is 0 Å². The van der Waals surface area contributed by atoms with E-state index in [1.807, 2.05) is 0 Å². The molecule has 0 amide bonds. The fourth-order valence-electron chi connectivity index (χ4n) is 3.68. The Morgan fingerprint density at radius 3 is 2.50 bits per heavy atom. The summed E-state index contributed by atoms with van der Waals surface area (Å²) in [6.07, 6.45) is 5.11. The lowest BCUT2D eigenvalue weighted by atomic mass is 9.89. The number of nitrogens with one attached hydrogen (secondary N) is 1. The lowest BCUT2D eigenvalue weighted by Gasteiger charge is -2.21. The van der Waals surface area contributed by atoms with Gasteiger partial charge in [-0.3, -0.25) is 0 Å². The maximum atomic E-state index is 12.2. The summed E-state index contributed by atoms with van der Waals surface area (Å²) in [6, 6.07) is 6.52. The van der Waals surface area contributed by atoms with Crippen molar-refractivity contribution in [2.75, 3.05) is 13.7 Å². The number of methoxy groups -OCH3 is 1. The van der Waals surface area contributed by atoms with Crippen LogP contribution in [0.2, 0.25) is 0 Å². The maximum Gasteiger partial charge on any atom is 0.240 e. The van der Waals surface area contributed by atoms with Crippen LogP contribution in [0.25, 0.3) is 0 Å². The molecule has 110 valence electrons. The quantitative estimate of drug-likeness (QED) is 0.907. The van der Waals surface area contributed by atoms with Crippen molar-refractivity contribution in [3.05, 3.63) is 24.3 Å². The first-order valence-corrected chi connectivity index (χ1v) is 8.70. The van der Waals surface area contributed by atoms with Crippen LogP contribution in [0.3, 0.4) is 0 Å². The largest absolute Gasteiger partial charge is 0.497 e. The van der Waals surface area contributed by atoms with Crippen molar-refractivity contribution in [2.45, 2.75) is 30.6 Å². The molecule has 3 rings (SSSR count). The van der Waals surface area contributed by atoms with Gasteiger partial charge in [0.05, 0.1) is 12.0 Å². The van der Waals surface area contributed by atoms with Gasteiger partial charge in [-0.1, -0.05) is 6.42 Å². The van der Waals surface area contributed by atoms with Gasteiger partial charge in [0, 0.05) is 6.54 Å². The second-order valence-electron chi connectivity index (χ2n) is 5.96. The minimum absolute atomic E-state index is 0.307. The predicted octanol–water partition coefficient (Wildman–Crippen LogP) is 2.41. The molecule has 1 aromatic carbocycles. The van der Waals surface area contributed by atoms with Crippen molar-refractivity contribution in [1.82, 2.24) is 4.72 Å². The third-order valence-corrected chi connectivity index (χ3v) is 6.23. The Hall–Kier alpha value is -1.07. The minimum Gasteiger partial charge on any atom is -0.497 e. The minimum atomic E-state index is -3.40. The molecule has 2 aliphatic rings. The number of ether oxygens (including phenoxy) is 1. The third-order valence-electron chi connectivity index (χ3n) is 4.79. The van der Waals surface area contributed by atoms with Gasteiger partial charge in [0.15, 0.2) is 0 Å². The van der Waals surface area contributed by atoms with Gasteiger partial charge < -0.3 is 4.74 Å². The number of sulfonamides is 1. The van der Waals surface area contributed by atoms with E-state index in [9.17, 15) is 8.42 Å². The average Bonchev–Trinajstić information content (AvgIpc) is 3.08. The molecule has 0 heterocycles. The highest BCUT2D eigenvalue weighted by Gasteiger charge is 2.39. The van der Waals surface area contributed by atoms with Gasteiger partial charge in [0.25, 0.3) is 0 Å². The number of fused-ring (bicyclic) bond motifs is 2. The van der Waals surface area contributed by atoms with Gasteiger partial charge >= 0.3 is 0 Å². The predicted molar refractivity (Wildman–Crippen MR) is 77.1 cm³/mol. The Balaban J connectivity index is 1.63. The van der Waals surface area contributed by atoms with Crippen molar-refractivity contribution in [1.29, 1.82) is 0 Å². The number of hydrogen-bond donors (Lipinski definition) is 1. The normalized spacial score (nSPS) is 28.8. The molecule has 2 bridgehead atoms. The molecule has 0 saturated heterocycles. The number of hydrogen-bond acceptors (Lipinski definition) is 3. The molecule has 2 aliphatic carbocycles. The summed E-state index contributed by atoms with van der Waals surface area (Å²) in [5.41, 5.74) is 0. The Kier molecular flexibility index (Phi) is 3.73. The van der Waals surface area contributed by atoms with Crippen LogP contribution in [0.4, 0.5) is 0 Å². The number of benzene rings is 1. The summed E-state index contributed by atoms with van der Waals surface area (Å²) in [4.78, 5) is 0.307. The average molecular weight is 295 g/mol. The highest BCUT2D eigenvalue weighted by Crippen LogP contribution is 2.48. The van der Waals surface area contributed by atoms with E-state index in [1.165, 1.54) is 25.7 Å². The van der Waals surface area contributed by atoms with Crippen LogP contribution in [-0.2, 0) is 10.0 Å². The molecular weight excluding hydrogens is 274 g/mol. The van der Waals surface area contributed by atoms with Gasteiger partial charge in [-0.2, -0.15) is 0 Å². The lowest BCUT2D eigenvalue weighted by molar-refractivity contribution is 0.333. The van der Waals surface area contributed by atoms with E-state index in [2.05, 4.69) is 4.72 Å². The van der Waals surface area contributed by atoms with Crippen LogP contribution >= 0.6 is 0 Å². The van der Waals surface area contributed by atoms with Crippen molar-refractivity contribution in [2.24, 2.45) is 17.8 Å². The highest BCUT2D eigenvalue weighted by molar-refractivity contribution is 7.89. The Morgan fingerprint density at radius 2 is 1.95 bits per heavy atom. The van der Waals surface area contributed by atoms with Crippen molar-refractivity contribution >= 4 is 10.0 Å². The smallest absolute Gasteiger partial charge is 0.240 e. The van der Waals surface area contributed by atoms with Gasteiger partial charge in [0.2, 0.25) is 10.0 Å². The second-order valence-corrected chi connectivity index (χ2v) is 7.73. The molecule has 2 saturated carbocycles. The summed E-state index contributed by atoms with van der Waals surface area (Å²) in [5, 5.41) is 0. The molecule has 1 N–H and O–H groups in total. The lowest BCUT2D eigenvalue weighted by Crippen LogP contribution is -2.31. The summed E-state index contributed by atoms with van der Waals surface area (Å²) in [7, 11) is -1.83. The van der Waals surface area contributed by atoms with Gasteiger partial charge in [-0.25, -0.2) is 13.1 Å². The summed E-state index contributed by atoms with van der Waals surface area (Å²) >= 11 is 0. The van der Waals surface area contributed by atoms with Gasteiger partial charge in [-0.05, 0) is 61.3 Å². The third kappa shape index (κ3) is 2.69. The molecular formula is C15H21NO3S. The molecule has 0 aromatic heterocycles. The zero-order valence-corrected chi connectivity index (χ0v) is 12.5. The SMILES string of the molecule is COc1ccc(S(=O)(=O)NC[C@@H]2C[C@@H]3CC[C@@H]2C3)cc1. The molecule has 1 aromatic rings. The van der Waals surface area contributed by atoms with E-state index in [4.69, 9.17) is 4.74 Å².